The van der Waals surface area contributed by atoms with E-state index in [0.717, 1.165) is 0 Å². The molecule has 0 saturated carbocycles. The van der Waals surface area contributed by atoms with Crippen LogP contribution in [0.4, 0.5) is 4.39 Å². The van der Waals surface area contributed by atoms with Crippen LogP contribution in [0.2, 0.25) is 13.1 Å². The number of carbonyl (C=O) groups excluding carboxylic acids is 1. The number of halogens is 2. The van der Waals surface area contributed by atoms with E-state index in [0.29, 0.717) is 21.1 Å². The molecule has 0 saturated heterocycles. The Labute approximate surface area is 199 Å². The van der Waals surface area contributed by atoms with Gasteiger partial charge in [0.15, 0.2) is 9.04 Å². The van der Waals surface area contributed by atoms with Gasteiger partial charge in [-0.1, -0.05) is 34.6 Å². The zero-order valence-corrected chi connectivity index (χ0v) is 22.9. The molecule has 0 fully saturated rings. The number of pyridine rings is 1. The number of carbonyl (C=O) groups is 1. The molecule has 5 nitrogen and oxygen atoms in total. The topological polar surface area (TPSA) is 57.5 Å². The molecule has 1 aromatic heterocycles. The Morgan fingerprint density at radius 3 is 2.35 bits per heavy atom. The molecule has 0 bridgehead atoms. The zero-order valence-electron chi connectivity index (χ0n) is 19.6. The standard InChI is InChI=1S/C23H33FINO4Si/c1-9-29-21(28)16-12-26(19-11-17(24)18(25)10-15(19)20(16)27)23(14(2)3,22(4,5)6)13-30-31(7)8/h10-12,14,31H,9,13H2,1-8H3. The molecule has 2 aromatic rings. The highest BCUT2D eigenvalue weighted by Gasteiger charge is 2.47. The van der Waals surface area contributed by atoms with Crippen molar-refractivity contribution in [2.75, 3.05) is 13.2 Å². The molecule has 2 rings (SSSR count). The van der Waals surface area contributed by atoms with E-state index in [1.807, 2.05) is 27.2 Å². The van der Waals surface area contributed by atoms with Crippen LogP contribution >= 0.6 is 22.6 Å². The normalized spacial score (nSPS) is 14.3. The first-order chi connectivity index (χ1) is 14.3. The second-order valence-corrected chi connectivity index (χ2v) is 13.0. The fourth-order valence-corrected chi connectivity index (χ4v) is 5.31. The molecule has 0 radical (unpaired) electrons. The lowest BCUT2D eigenvalue weighted by atomic mass is 9.67. The van der Waals surface area contributed by atoms with E-state index in [4.69, 9.17) is 9.16 Å². The van der Waals surface area contributed by atoms with Crippen LogP contribution in [-0.2, 0) is 14.7 Å². The van der Waals surface area contributed by atoms with E-state index in [1.165, 1.54) is 12.1 Å². The second-order valence-electron chi connectivity index (χ2n) is 9.43. The monoisotopic (exact) mass is 561 g/mol. The Bertz CT molecular complexity index is 1030. The molecular weight excluding hydrogens is 528 g/mol. The van der Waals surface area contributed by atoms with Crippen molar-refractivity contribution < 1.29 is 18.3 Å². The Morgan fingerprint density at radius 2 is 1.87 bits per heavy atom. The average Bonchev–Trinajstić information content (AvgIpc) is 2.63. The summed E-state index contributed by atoms with van der Waals surface area (Å²) < 4.78 is 28.4. The van der Waals surface area contributed by atoms with E-state index in [-0.39, 0.29) is 23.5 Å². The third-order valence-electron chi connectivity index (χ3n) is 5.86. The van der Waals surface area contributed by atoms with Crippen LogP contribution < -0.4 is 5.43 Å². The van der Waals surface area contributed by atoms with Gasteiger partial charge in [0, 0.05) is 15.2 Å². The predicted molar refractivity (Wildman–Crippen MR) is 134 cm³/mol. The SMILES string of the molecule is CCOC(=O)c1cn(C(CO[SiH](C)C)(C(C)C)C(C)(C)C)c2cc(F)c(I)cc2c1=O. The number of ether oxygens (including phenoxy) is 1. The maximum atomic E-state index is 14.7. The number of fused-ring (bicyclic) bond motifs is 1. The summed E-state index contributed by atoms with van der Waals surface area (Å²) in [6, 6.07) is 2.90. The smallest absolute Gasteiger partial charge is 0.343 e. The number of aromatic nitrogens is 1. The van der Waals surface area contributed by atoms with Gasteiger partial charge in [-0.15, -0.1) is 0 Å². The van der Waals surface area contributed by atoms with E-state index < -0.39 is 31.8 Å². The van der Waals surface area contributed by atoms with Gasteiger partial charge < -0.3 is 13.7 Å². The van der Waals surface area contributed by atoms with Crippen LogP contribution in [0.15, 0.2) is 23.1 Å². The molecule has 31 heavy (non-hydrogen) atoms. The Morgan fingerprint density at radius 1 is 1.26 bits per heavy atom. The van der Waals surface area contributed by atoms with Gasteiger partial charge in [0.05, 0.1) is 24.3 Å². The summed E-state index contributed by atoms with van der Waals surface area (Å²) in [5.74, 6) is -1.02. The van der Waals surface area contributed by atoms with Crippen LogP contribution in [0, 0.1) is 20.7 Å². The van der Waals surface area contributed by atoms with Crippen molar-refractivity contribution in [3.8, 4) is 0 Å². The third kappa shape index (κ3) is 4.90. The van der Waals surface area contributed by atoms with E-state index in [9.17, 15) is 14.0 Å². The fraction of sp³-hybridized carbons (Fsp3) is 0.565. The lowest BCUT2D eigenvalue weighted by Gasteiger charge is -2.50. The lowest BCUT2D eigenvalue weighted by Crippen LogP contribution is -2.54. The number of esters is 1. The van der Waals surface area contributed by atoms with Crippen molar-refractivity contribution in [1.29, 1.82) is 0 Å². The predicted octanol–water partition coefficient (Wildman–Crippen LogP) is 5.32. The molecular formula is C23H33FINO4Si. The number of nitrogens with zero attached hydrogens (tertiary/aromatic N) is 1. The fourth-order valence-electron chi connectivity index (χ4n) is 4.26. The van der Waals surface area contributed by atoms with Crippen LogP contribution in [-0.4, -0.2) is 32.8 Å². The number of benzene rings is 1. The van der Waals surface area contributed by atoms with Gasteiger partial charge in [-0.2, -0.15) is 0 Å². The van der Waals surface area contributed by atoms with Gasteiger partial charge in [0.25, 0.3) is 0 Å². The zero-order chi connectivity index (χ0) is 23.7. The van der Waals surface area contributed by atoms with Crippen molar-refractivity contribution in [3.63, 3.8) is 0 Å². The average molecular weight is 562 g/mol. The van der Waals surface area contributed by atoms with Crippen LogP contribution in [0.25, 0.3) is 10.9 Å². The summed E-state index contributed by atoms with van der Waals surface area (Å²) in [5.41, 5.74) is -1.02. The molecule has 0 aliphatic rings. The highest BCUT2D eigenvalue weighted by atomic mass is 127. The first kappa shape index (κ1) is 26.0. The highest BCUT2D eigenvalue weighted by Crippen LogP contribution is 2.45. The summed E-state index contributed by atoms with van der Waals surface area (Å²) in [7, 11) is -1.38. The molecule has 0 aliphatic heterocycles. The van der Waals surface area contributed by atoms with Crippen LogP contribution in [0.5, 0.6) is 0 Å². The lowest BCUT2D eigenvalue weighted by molar-refractivity contribution is -0.00204. The number of rotatable bonds is 7. The molecule has 0 spiro atoms. The Balaban J connectivity index is 3.07. The Kier molecular flexibility index (Phi) is 8.13. The van der Waals surface area contributed by atoms with Gasteiger partial charge >= 0.3 is 5.97 Å². The molecule has 1 aromatic carbocycles. The first-order valence-corrected chi connectivity index (χ1v) is 14.5. The van der Waals surface area contributed by atoms with E-state index in [2.05, 4.69) is 47.7 Å². The molecule has 172 valence electrons. The number of hydrogen-bond acceptors (Lipinski definition) is 4. The molecule has 1 heterocycles. The minimum Gasteiger partial charge on any atom is -0.462 e. The van der Waals surface area contributed by atoms with Gasteiger partial charge in [0.2, 0.25) is 5.43 Å². The summed E-state index contributed by atoms with van der Waals surface area (Å²) >= 11 is 1.86. The molecule has 1 unspecified atom stereocenters. The third-order valence-corrected chi connectivity index (χ3v) is 7.52. The van der Waals surface area contributed by atoms with Gasteiger partial charge in [0.1, 0.15) is 11.4 Å². The summed E-state index contributed by atoms with van der Waals surface area (Å²) in [5, 5.41) is 0.299. The van der Waals surface area contributed by atoms with Crippen LogP contribution in [0.3, 0.4) is 0 Å². The second kappa shape index (κ2) is 9.70. The van der Waals surface area contributed by atoms with E-state index in [1.54, 1.807) is 13.1 Å². The van der Waals surface area contributed by atoms with Crippen molar-refractivity contribution in [1.82, 2.24) is 4.57 Å². The summed E-state index contributed by atoms with van der Waals surface area (Å²) in [6.07, 6.45) is 1.55. The summed E-state index contributed by atoms with van der Waals surface area (Å²) in [6.45, 7) is 17.0. The highest BCUT2D eigenvalue weighted by molar-refractivity contribution is 14.1. The van der Waals surface area contributed by atoms with E-state index >= 15 is 0 Å². The Hall–Kier alpha value is -1.26. The quantitative estimate of drug-likeness (QED) is 0.261. The van der Waals surface area contributed by atoms with Gasteiger partial charge in [-0.25, -0.2) is 9.18 Å². The minimum absolute atomic E-state index is 0.0483. The molecule has 0 aliphatic carbocycles. The number of hydrogen-bond donors (Lipinski definition) is 0. The van der Waals surface area contributed by atoms with Crippen molar-refractivity contribution in [2.45, 2.75) is 60.2 Å². The van der Waals surface area contributed by atoms with Gasteiger partial charge in [-0.3, -0.25) is 4.79 Å². The maximum Gasteiger partial charge on any atom is 0.343 e. The van der Waals surface area contributed by atoms with Crippen LogP contribution in [0.1, 0.15) is 51.9 Å². The van der Waals surface area contributed by atoms with Crippen molar-refractivity contribution in [2.24, 2.45) is 11.3 Å². The molecule has 8 heteroatoms. The molecule has 0 amide bonds. The molecule has 1 atom stereocenters. The summed E-state index contributed by atoms with van der Waals surface area (Å²) in [4.78, 5) is 25.9. The van der Waals surface area contributed by atoms with Crippen molar-refractivity contribution >= 4 is 48.5 Å². The first-order valence-electron chi connectivity index (χ1n) is 10.6. The minimum atomic E-state index is -1.38. The van der Waals surface area contributed by atoms with Crippen molar-refractivity contribution in [3.05, 3.63) is 43.5 Å². The largest absolute Gasteiger partial charge is 0.462 e. The molecule has 0 N–H and O–H groups in total. The maximum absolute atomic E-state index is 14.7. The van der Waals surface area contributed by atoms with Gasteiger partial charge in [-0.05, 0) is 66.1 Å².